The second kappa shape index (κ2) is 6.19. The molecule has 0 bridgehead atoms. The molecular formula is C16H24F2N2. The van der Waals surface area contributed by atoms with Crippen LogP contribution in [0.15, 0.2) is 18.2 Å². The molecule has 112 valence electrons. The first-order chi connectivity index (χ1) is 9.44. The molecule has 0 aliphatic heterocycles. The van der Waals surface area contributed by atoms with Gasteiger partial charge in [0, 0.05) is 23.7 Å². The van der Waals surface area contributed by atoms with Gasteiger partial charge >= 0.3 is 0 Å². The van der Waals surface area contributed by atoms with Gasteiger partial charge in [-0.15, -0.1) is 0 Å². The van der Waals surface area contributed by atoms with Gasteiger partial charge in [-0.25, -0.2) is 8.78 Å². The SMILES string of the molecule is CC(NCC1(N(C)C)CCCC1)c1cc(F)ccc1F. The van der Waals surface area contributed by atoms with Crippen molar-refractivity contribution in [2.45, 2.75) is 44.2 Å². The Bertz CT molecular complexity index is 454. The predicted octanol–water partition coefficient (Wildman–Crippen LogP) is 3.49. The highest BCUT2D eigenvalue weighted by atomic mass is 19.1. The Hall–Kier alpha value is -1.00. The van der Waals surface area contributed by atoms with E-state index in [9.17, 15) is 8.78 Å². The lowest BCUT2D eigenvalue weighted by Crippen LogP contribution is -2.50. The minimum Gasteiger partial charge on any atom is -0.308 e. The van der Waals surface area contributed by atoms with Crippen LogP contribution < -0.4 is 5.32 Å². The number of hydrogen-bond donors (Lipinski definition) is 1. The molecule has 1 fully saturated rings. The summed E-state index contributed by atoms with van der Waals surface area (Å²) in [5, 5.41) is 3.38. The molecule has 1 aromatic rings. The van der Waals surface area contributed by atoms with Crippen LogP contribution in [0.2, 0.25) is 0 Å². The fraction of sp³-hybridized carbons (Fsp3) is 0.625. The quantitative estimate of drug-likeness (QED) is 0.889. The van der Waals surface area contributed by atoms with Gasteiger partial charge in [-0.2, -0.15) is 0 Å². The number of rotatable bonds is 5. The third-order valence-corrected chi connectivity index (χ3v) is 4.64. The summed E-state index contributed by atoms with van der Waals surface area (Å²) in [6.07, 6.45) is 4.79. The topological polar surface area (TPSA) is 15.3 Å². The lowest BCUT2D eigenvalue weighted by Gasteiger charge is -2.37. The van der Waals surface area contributed by atoms with Gasteiger partial charge < -0.3 is 10.2 Å². The van der Waals surface area contributed by atoms with Gasteiger partial charge in [-0.3, -0.25) is 0 Å². The molecule has 0 aromatic heterocycles. The maximum Gasteiger partial charge on any atom is 0.128 e. The first-order valence-electron chi connectivity index (χ1n) is 7.30. The number of halogens is 2. The van der Waals surface area contributed by atoms with Crippen LogP contribution in [-0.2, 0) is 0 Å². The molecule has 1 N–H and O–H groups in total. The Morgan fingerprint density at radius 1 is 1.25 bits per heavy atom. The molecule has 1 aromatic carbocycles. The Balaban J connectivity index is 2.04. The predicted molar refractivity (Wildman–Crippen MR) is 77.7 cm³/mol. The molecule has 0 saturated heterocycles. The minimum absolute atomic E-state index is 0.151. The van der Waals surface area contributed by atoms with E-state index >= 15 is 0 Å². The van der Waals surface area contributed by atoms with Crippen molar-refractivity contribution < 1.29 is 8.78 Å². The van der Waals surface area contributed by atoms with E-state index in [1.807, 2.05) is 6.92 Å². The van der Waals surface area contributed by atoms with E-state index in [4.69, 9.17) is 0 Å². The summed E-state index contributed by atoms with van der Waals surface area (Å²) in [4.78, 5) is 2.27. The van der Waals surface area contributed by atoms with Crippen LogP contribution in [0.1, 0.15) is 44.2 Å². The molecule has 2 rings (SSSR count). The van der Waals surface area contributed by atoms with Crippen LogP contribution in [0, 0.1) is 11.6 Å². The zero-order chi connectivity index (χ0) is 14.8. The van der Waals surface area contributed by atoms with Crippen molar-refractivity contribution in [1.82, 2.24) is 10.2 Å². The Morgan fingerprint density at radius 2 is 1.90 bits per heavy atom. The zero-order valence-electron chi connectivity index (χ0n) is 12.5. The molecule has 0 spiro atoms. The third-order valence-electron chi connectivity index (χ3n) is 4.64. The van der Waals surface area contributed by atoms with Gasteiger partial charge in [0.2, 0.25) is 0 Å². The summed E-state index contributed by atoms with van der Waals surface area (Å²) in [7, 11) is 4.20. The number of nitrogens with zero attached hydrogens (tertiary/aromatic N) is 1. The molecule has 0 amide bonds. The molecule has 1 aliphatic carbocycles. The average Bonchev–Trinajstić information content (AvgIpc) is 2.89. The van der Waals surface area contributed by atoms with Gasteiger partial charge in [0.25, 0.3) is 0 Å². The Labute approximate surface area is 120 Å². The van der Waals surface area contributed by atoms with Crippen molar-refractivity contribution in [1.29, 1.82) is 0 Å². The molecular weight excluding hydrogens is 258 g/mol. The summed E-state index contributed by atoms with van der Waals surface area (Å²) >= 11 is 0. The fourth-order valence-corrected chi connectivity index (χ4v) is 3.11. The van der Waals surface area contributed by atoms with Crippen LogP contribution in [0.3, 0.4) is 0 Å². The van der Waals surface area contributed by atoms with Crippen LogP contribution in [0.5, 0.6) is 0 Å². The number of nitrogens with one attached hydrogen (secondary N) is 1. The van der Waals surface area contributed by atoms with Crippen molar-refractivity contribution in [3.05, 3.63) is 35.4 Å². The van der Waals surface area contributed by atoms with Crippen LogP contribution >= 0.6 is 0 Å². The number of hydrogen-bond acceptors (Lipinski definition) is 2. The molecule has 2 nitrogen and oxygen atoms in total. The third kappa shape index (κ3) is 3.18. The lowest BCUT2D eigenvalue weighted by atomic mass is 9.95. The van der Waals surface area contributed by atoms with Gasteiger partial charge in [0.05, 0.1) is 0 Å². The summed E-state index contributed by atoms with van der Waals surface area (Å²) in [6, 6.07) is 3.44. The van der Waals surface area contributed by atoms with Crippen molar-refractivity contribution in [2.75, 3.05) is 20.6 Å². The first-order valence-corrected chi connectivity index (χ1v) is 7.30. The van der Waals surface area contributed by atoms with E-state index in [1.165, 1.54) is 25.0 Å². The fourth-order valence-electron chi connectivity index (χ4n) is 3.11. The highest BCUT2D eigenvalue weighted by Crippen LogP contribution is 2.33. The average molecular weight is 282 g/mol. The summed E-state index contributed by atoms with van der Waals surface area (Å²) in [5.41, 5.74) is 0.551. The molecule has 1 aliphatic rings. The van der Waals surface area contributed by atoms with E-state index < -0.39 is 5.82 Å². The monoisotopic (exact) mass is 282 g/mol. The Morgan fingerprint density at radius 3 is 2.50 bits per heavy atom. The van der Waals surface area contributed by atoms with Crippen molar-refractivity contribution in [3.63, 3.8) is 0 Å². The molecule has 0 radical (unpaired) electrons. The van der Waals surface area contributed by atoms with Crippen LogP contribution in [0.25, 0.3) is 0 Å². The van der Waals surface area contributed by atoms with E-state index in [2.05, 4.69) is 24.3 Å². The van der Waals surface area contributed by atoms with Crippen molar-refractivity contribution >= 4 is 0 Å². The van der Waals surface area contributed by atoms with Gasteiger partial charge in [0.1, 0.15) is 11.6 Å². The van der Waals surface area contributed by atoms with E-state index in [1.54, 1.807) is 0 Å². The van der Waals surface area contributed by atoms with Crippen LogP contribution in [-0.4, -0.2) is 31.1 Å². The first kappa shape index (κ1) is 15.4. The number of likely N-dealkylation sites (N-methyl/N-ethyl adjacent to an activating group) is 1. The maximum atomic E-state index is 13.8. The molecule has 0 heterocycles. The van der Waals surface area contributed by atoms with Crippen molar-refractivity contribution in [3.8, 4) is 0 Å². The Kier molecular flexibility index (Phi) is 4.76. The smallest absolute Gasteiger partial charge is 0.128 e. The van der Waals surface area contributed by atoms with E-state index in [-0.39, 0.29) is 17.4 Å². The largest absolute Gasteiger partial charge is 0.308 e. The second-order valence-electron chi connectivity index (χ2n) is 6.09. The summed E-state index contributed by atoms with van der Waals surface area (Å²) in [6.45, 7) is 2.69. The molecule has 1 atom stereocenters. The summed E-state index contributed by atoms with van der Waals surface area (Å²) in [5.74, 6) is -0.741. The maximum absolute atomic E-state index is 13.8. The van der Waals surface area contributed by atoms with Crippen molar-refractivity contribution in [2.24, 2.45) is 0 Å². The zero-order valence-corrected chi connectivity index (χ0v) is 12.5. The lowest BCUT2D eigenvalue weighted by molar-refractivity contribution is 0.150. The van der Waals surface area contributed by atoms with Gasteiger partial charge in [-0.1, -0.05) is 12.8 Å². The molecule has 1 unspecified atom stereocenters. The highest BCUT2D eigenvalue weighted by Gasteiger charge is 2.35. The highest BCUT2D eigenvalue weighted by molar-refractivity contribution is 5.22. The normalized spacial score (nSPS) is 19.5. The van der Waals surface area contributed by atoms with Gasteiger partial charge in [-0.05, 0) is 52.1 Å². The molecule has 1 saturated carbocycles. The molecule has 4 heteroatoms. The molecule has 20 heavy (non-hydrogen) atoms. The second-order valence-corrected chi connectivity index (χ2v) is 6.09. The minimum atomic E-state index is -0.391. The standard InChI is InChI=1S/C16H24F2N2/c1-12(14-10-13(17)6-7-15(14)18)19-11-16(20(2)3)8-4-5-9-16/h6-7,10,12,19H,4-5,8-9,11H2,1-3H3. The van der Waals surface area contributed by atoms with Crippen LogP contribution in [0.4, 0.5) is 8.78 Å². The summed E-state index contributed by atoms with van der Waals surface area (Å²) < 4.78 is 27.0. The van der Waals surface area contributed by atoms with E-state index in [0.717, 1.165) is 25.5 Å². The van der Waals surface area contributed by atoms with E-state index in [0.29, 0.717) is 5.56 Å². The number of benzene rings is 1. The van der Waals surface area contributed by atoms with Gasteiger partial charge in [0.15, 0.2) is 0 Å².